The third-order valence-corrected chi connectivity index (χ3v) is 3.27. The molecule has 0 aliphatic heterocycles. The first-order chi connectivity index (χ1) is 10.7. The van der Waals surface area contributed by atoms with E-state index in [1.807, 2.05) is 6.92 Å². The number of hydrazone groups is 1. The van der Waals surface area contributed by atoms with Crippen LogP contribution < -0.4 is 14.9 Å². The molecule has 1 aromatic carbocycles. The van der Waals surface area contributed by atoms with E-state index in [4.69, 9.17) is 13.9 Å². The lowest BCUT2D eigenvalue weighted by Gasteiger charge is -2.12. The average molecular weight is 367 g/mol. The number of carbonyl (C=O) groups is 1. The van der Waals surface area contributed by atoms with Gasteiger partial charge in [-0.05, 0) is 47.1 Å². The maximum Gasteiger partial charge on any atom is 0.271 e. The summed E-state index contributed by atoms with van der Waals surface area (Å²) in [6.45, 7) is 2.36. The predicted octanol–water partition coefficient (Wildman–Crippen LogP) is 3.21. The zero-order chi connectivity index (χ0) is 15.9. The van der Waals surface area contributed by atoms with E-state index >= 15 is 0 Å². The molecule has 1 aromatic heterocycles. The highest BCUT2D eigenvalue weighted by molar-refractivity contribution is 9.10. The molecule has 0 bridgehead atoms. The molecule has 0 unspecified atom stereocenters. The monoisotopic (exact) mass is 366 g/mol. The van der Waals surface area contributed by atoms with Crippen molar-refractivity contribution in [3.8, 4) is 11.5 Å². The summed E-state index contributed by atoms with van der Waals surface area (Å²) in [7, 11) is 1.51. The second-order valence-corrected chi connectivity index (χ2v) is 4.99. The summed E-state index contributed by atoms with van der Waals surface area (Å²) in [5, 5.41) is 3.83. The van der Waals surface area contributed by atoms with Crippen LogP contribution >= 0.6 is 15.9 Å². The van der Waals surface area contributed by atoms with Gasteiger partial charge in [-0.1, -0.05) is 0 Å². The Morgan fingerprint density at radius 3 is 2.95 bits per heavy atom. The number of methoxy groups -OCH3 is 1. The quantitative estimate of drug-likeness (QED) is 0.629. The minimum absolute atomic E-state index is 0.371. The van der Waals surface area contributed by atoms with Crippen LogP contribution in [-0.2, 0) is 0 Å². The van der Waals surface area contributed by atoms with Gasteiger partial charge >= 0.3 is 0 Å². The molecule has 1 heterocycles. The molecule has 0 saturated heterocycles. The maximum atomic E-state index is 12.1. The van der Waals surface area contributed by atoms with Crippen molar-refractivity contribution in [1.82, 2.24) is 5.43 Å². The molecule has 2 rings (SSSR count). The van der Waals surface area contributed by atoms with Crippen molar-refractivity contribution in [2.75, 3.05) is 13.7 Å². The molecule has 0 atom stereocenters. The van der Waals surface area contributed by atoms with Crippen LogP contribution in [0.2, 0.25) is 0 Å². The molecule has 1 N–H and O–H groups in total. The van der Waals surface area contributed by atoms with Gasteiger partial charge in [-0.15, -0.1) is 0 Å². The number of hydrogen-bond acceptors (Lipinski definition) is 5. The van der Waals surface area contributed by atoms with Gasteiger partial charge in [-0.2, -0.15) is 5.10 Å². The van der Waals surface area contributed by atoms with Crippen LogP contribution in [0.4, 0.5) is 0 Å². The van der Waals surface area contributed by atoms with Crippen molar-refractivity contribution >= 4 is 28.1 Å². The summed E-state index contributed by atoms with van der Waals surface area (Å²) in [6, 6.07) is 6.70. The van der Waals surface area contributed by atoms with Crippen LogP contribution in [0, 0.1) is 0 Å². The summed E-state index contributed by atoms with van der Waals surface area (Å²) in [6.07, 6.45) is 2.94. The van der Waals surface area contributed by atoms with Crippen LogP contribution in [-0.4, -0.2) is 25.8 Å². The Morgan fingerprint density at radius 2 is 2.32 bits per heavy atom. The first kappa shape index (κ1) is 16.1. The summed E-state index contributed by atoms with van der Waals surface area (Å²) in [4.78, 5) is 12.1. The second kappa shape index (κ2) is 7.65. The van der Waals surface area contributed by atoms with Crippen LogP contribution in [0.5, 0.6) is 11.5 Å². The molecule has 0 radical (unpaired) electrons. The normalized spacial score (nSPS) is 10.7. The van der Waals surface area contributed by atoms with Crippen molar-refractivity contribution in [1.29, 1.82) is 0 Å². The van der Waals surface area contributed by atoms with Gasteiger partial charge in [0.25, 0.3) is 5.91 Å². The number of furan rings is 1. The molecule has 22 heavy (non-hydrogen) atoms. The Balaban J connectivity index is 2.14. The molecule has 6 nitrogen and oxygen atoms in total. The van der Waals surface area contributed by atoms with Gasteiger partial charge in [0, 0.05) is 5.56 Å². The van der Waals surface area contributed by atoms with Gasteiger partial charge < -0.3 is 13.9 Å². The SMILES string of the molecule is CCOc1c(Br)cc(C(=O)N/N=C\c2ccco2)cc1OC. The summed E-state index contributed by atoms with van der Waals surface area (Å²) in [5.41, 5.74) is 2.81. The van der Waals surface area contributed by atoms with Gasteiger partial charge in [0.1, 0.15) is 5.76 Å². The summed E-state index contributed by atoms with van der Waals surface area (Å²) in [5.74, 6) is 1.20. The molecule has 0 spiro atoms. The molecule has 0 aliphatic rings. The van der Waals surface area contributed by atoms with Crippen LogP contribution in [0.25, 0.3) is 0 Å². The Bertz CT molecular complexity index is 668. The van der Waals surface area contributed by atoms with Crippen LogP contribution in [0.3, 0.4) is 0 Å². The van der Waals surface area contributed by atoms with Gasteiger partial charge in [0.2, 0.25) is 0 Å². The third-order valence-electron chi connectivity index (χ3n) is 2.68. The zero-order valence-electron chi connectivity index (χ0n) is 12.1. The zero-order valence-corrected chi connectivity index (χ0v) is 13.7. The van der Waals surface area contributed by atoms with E-state index in [1.165, 1.54) is 19.6 Å². The Labute approximate surface area is 136 Å². The number of nitrogens with one attached hydrogen (secondary N) is 1. The number of benzene rings is 1. The largest absolute Gasteiger partial charge is 0.493 e. The van der Waals surface area contributed by atoms with E-state index in [0.29, 0.717) is 33.9 Å². The molecule has 116 valence electrons. The van der Waals surface area contributed by atoms with Gasteiger partial charge in [-0.3, -0.25) is 4.79 Å². The van der Waals surface area contributed by atoms with E-state index in [0.717, 1.165) is 0 Å². The Kier molecular flexibility index (Phi) is 5.60. The van der Waals surface area contributed by atoms with Crippen molar-refractivity contribution in [2.45, 2.75) is 6.92 Å². The lowest BCUT2D eigenvalue weighted by molar-refractivity contribution is 0.0954. The number of ether oxygens (including phenoxy) is 2. The highest BCUT2D eigenvalue weighted by Crippen LogP contribution is 2.36. The van der Waals surface area contributed by atoms with Crippen molar-refractivity contribution in [3.63, 3.8) is 0 Å². The van der Waals surface area contributed by atoms with Gasteiger partial charge in [0.05, 0.1) is 30.7 Å². The maximum absolute atomic E-state index is 12.1. The van der Waals surface area contributed by atoms with E-state index in [-0.39, 0.29) is 5.91 Å². The topological polar surface area (TPSA) is 73.1 Å². The fourth-order valence-electron chi connectivity index (χ4n) is 1.72. The lowest BCUT2D eigenvalue weighted by atomic mass is 10.2. The van der Waals surface area contributed by atoms with Crippen molar-refractivity contribution < 1.29 is 18.7 Å². The standard InChI is InChI=1S/C15H15BrN2O4/c1-3-21-14-12(16)7-10(8-13(14)20-2)15(19)18-17-9-11-5-4-6-22-11/h4-9H,3H2,1-2H3,(H,18,19)/b17-9-. The van der Waals surface area contributed by atoms with Crippen molar-refractivity contribution in [3.05, 3.63) is 46.3 Å². The first-order valence-electron chi connectivity index (χ1n) is 6.53. The van der Waals surface area contributed by atoms with E-state index < -0.39 is 0 Å². The molecular weight excluding hydrogens is 352 g/mol. The number of halogens is 1. The Hall–Kier alpha value is -2.28. The number of rotatable bonds is 6. The lowest BCUT2D eigenvalue weighted by Crippen LogP contribution is -2.17. The average Bonchev–Trinajstić information content (AvgIpc) is 3.02. The van der Waals surface area contributed by atoms with E-state index in [9.17, 15) is 4.79 Å². The highest BCUT2D eigenvalue weighted by Gasteiger charge is 2.15. The first-order valence-corrected chi connectivity index (χ1v) is 7.32. The molecule has 7 heteroatoms. The molecule has 0 saturated carbocycles. The smallest absolute Gasteiger partial charge is 0.271 e. The Morgan fingerprint density at radius 1 is 1.50 bits per heavy atom. The summed E-state index contributed by atoms with van der Waals surface area (Å²) < 4.78 is 16.4. The summed E-state index contributed by atoms with van der Waals surface area (Å²) >= 11 is 3.37. The second-order valence-electron chi connectivity index (χ2n) is 4.14. The van der Waals surface area contributed by atoms with Crippen LogP contribution in [0.1, 0.15) is 23.0 Å². The minimum Gasteiger partial charge on any atom is -0.493 e. The number of hydrogen-bond donors (Lipinski definition) is 1. The van der Waals surface area contributed by atoms with Crippen molar-refractivity contribution in [2.24, 2.45) is 5.10 Å². The number of nitrogens with zero attached hydrogens (tertiary/aromatic N) is 1. The number of amides is 1. The minimum atomic E-state index is -0.371. The van der Waals surface area contributed by atoms with Crippen LogP contribution in [0.15, 0.2) is 44.5 Å². The molecule has 1 amide bonds. The highest BCUT2D eigenvalue weighted by atomic mass is 79.9. The van der Waals surface area contributed by atoms with Gasteiger partial charge in [-0.25, -0.2) is 5.43 Å². The fourth-order valence-corrected chi connectivity index (χ4v) is 2.28. The predicted molar refractivity (Wildman–Crippen MR) is 85.6 cm³/mol. The molecular formula is C15H15BrN2O4. The number of carbonyl (C=O) groups excluding carboxylic acids is 1. The molecule has 0 fully saturated rings. The van der Waals surface area contributed by atoms with Gasteiger partial charge in [0.15, 0.2) is 11.5 Å². The fraction of sp³-hybridized carbons (Fsp3) is 0.200. The van der Waals surface area contributed by atoms with E-state index in [1.54, 1.807) is 24.3 Å². The molecule has 2 aromatic rings. The van der Waals surface area contributed by atoms with E-state index in [2.05, 4.69) is 26.5 Å². The molecule has 0 aliphatic carbocycles. The third kappa shape index (κ3) is 3.88.